The second-order valence-electron chi connectivity index (χ2n) is 8.50. The number of nitrogens with zero attached hydrogens (tertiary/aromatic N) is 4. The predicted molar refractivity (Wildman–Crippen MR) is 117 cm³/mol. The number of hydrogen-bond acceptors (Lipinski definition) is 6. The Kier molecular flexibility index (Phi) is 5.31. The fourth-order valence-electron chi connectivity index (χ4n) is 4.37. The summed E-state index contributed by atoms with van der Waals surface area (Å²) in [6, 6.07) is 5.93. The summed E-state index contributed by atoms with van der Waals surface area (Å²) in [5.41, 5.74) is -0.851. The van der Waals surface area contributed by atoms with Gasteiger partial charge in [0.1, 0.15) is 15.6 Å². The molecule has 1 spiro atoms. The molecule has 35 heavy (non-hydrogen) atoms. The van der Waals surface area contributed by atoms with E-state index in [4.69, 9.17) is 0 Å². The highest BCUT2D eigenvalue weighted by Crippen LogP contribution is 2.53. The lowest BCUT2D eigenvalue weighted by Crippen LogP contribution is -2.43. The first kappa shape index (κ1) is 23.2. The number of carbonyl (C=O) groups is 2. The number of carbonyl (C=O) groups excluding carboxylic acids is 2. The molecule has 1 atom stereocenters. The summed E-state index contributed by atoms with van der Waals surface area (Å²) in [6.45, 7) is 1.31. The highest BCUT2D eigenvalue weighted by Gasteiger charge is 2.68. The minimum Gasteiger partial charge on any atom is -0.505 e. The number of imide groups is 1. The van der Waals surface area contributed by atoms with Crippen molar-refractivity contribution in [3.8, 4) is 16.3 Å². The van der Waals surface area contributed by atoms with Gasteiger partial charge in [-0.25, -0.2) is 14.1 Å². The number of urea groups is 1. The molecule has 1 N–H and O–H groups in total. The van der Waals surface area contributed by atoms with Crippen molar-refractivity contribution < 1.29 is 32.3 Å². The van der Waals surface area contributed by atoms with Gasteiger partial charge in [0.05, 0.1) is 6.54 Å². The van der Waals surface area contributed by atoms with Crippen LogP contribution in [-0.4, -0.2) is 48.8 Å². The quantitative estimate of drug-likeness (QED) is 0.391. The van der Waals surface area contributed by atoms with Gasteiger partial charge in [0.25, 0.3) is 5.91 Å². The van der Waals surface area contributed by atoms with E-state index in [1.165, 1.54) is 37.3 Å². The van der Waals surface area contributed by atoms with Crippen LogP contribution in [0.5, 0.6) is 5.75 Å². The van der Waals surface area contributed by atoms with Crippen molar-refractivity contribution in [3.05, 3.63) is 64.4 Å². The average molecular weight is 506 g/mol. The van der Waals surface area contributed by atoms with Crippen LogP contribution in [0.4, 0.5) is 22.4 Å². The third-order valence-electron chi connectivity index (χ3n) is 6.35. The first-order chi connectivity index (χ1) is 16.5. The lowest BCUT2D eigenvalue weighted by molar-refractivity contribution is -0.182. The van der Waals surface area contributed by atoms with Crippen LogP contribution in [0.2, 0.25) is 0 Å². The summed E-state index contributed by atoms with van der Waals surface area (Å²) in [5.74, 6) is -2.19. The molecule has 5 rings (SSSR count). The normalized spacial score (nSPS) is 18.0. The van der Waals surface area contributed by atoms with Crippen LogP contribution in [0, 0.1) is 12.7 Å². The number of aromatic nitrogens is 2. The Balaban J connectivity index is 1.46. The second-order valence-corrected chi connectivity index (χ2v) is 9.56. The zero-order valence-electron chi connectivity index (χ0n) is 18.2. The molecule has 0 bridgehead atoms. The molecule has 0 radical (unpaired) electrons. The fourth-order valence-corrected chi connectivity index (χ4v) is 5.28. The molecule has 3 aromatic rings. The Morgan fingerprint density at radius 2 is 1.80 bits per heavy atom. The molecule has 3 amide bonds. The smallest absolute Gasteiger partial charge is 0.413 e. The molecule has 1 aliphatic carbocycles. The van der Waals surface area contributed by atoms with Crippen LogP contribution in [0.1, 0.15) is 35.0 Å². The zero-order chi connectivity index (χ0) is 25.1. The largest absolute Gasteiger partial charge is 0.505 e. The second kappa shape index (κ2) is 8.01. The van der Waals surface area contributed by atoms with E-state index in [2.05, 4.69) is 10.2 Å². The molecule has 7 nitrogen and oxygen atoms in total. The maximum absolute atomic E-state index is 14.1. The number of rotatable bonds is 5. The van der Waals surface area contributed by atoms with Crippen molar-refractivity contribution in [1.29, 1.82) is 0 Å². The van der Waals surface area contributed by atoms with Crippen LogP contribution in [0.25, 0.3) is 10.6 Å². The van der Waals surface area contributed by atoms with Gasteiger partial charge in [-0.1, -0.05) is 41.7 Å². The molecular weight excluding hydrogens is 488 g/mol. The van der Waals surface area contributed by atoms with E-state index in [0.717, 1.165) is 22.3 Å². The minimum atomic E-state index is -4.86. The highest BCUT2D eigenvalue weighted by atomic mass is 32.1. The molecule has 182 valence electrons. The molecule has 1 saturated carbocycles. The zero-order valence-corrected chi connectivity index (χ0v) is 19.0. The van der Waals surface area contributed by atoms with Gasteiger partial charge in [-0.15, -0.1) is 10.2 Å². The standard InChI is InChI=1S/C23H18F4N4O3S/c1-12-14(7-8-15(24)17(12)32)19-29-28-16(35-19)11-30-21(34)31(20(33)22(30)9-10-22)18(23(25,26)27)13-5-3-2-4-6-13/h2-8,18,32H,9-11H2,1H3/t18-/m0/s1. The van der Waals surface area contributed by atoms with Crippen molar-refractivity contribution in [1.82, 2.24) is 20.0 Å². The third-order valence-corrected chi connectivity index (χ3v) is 7.29. The van der Waals surface area contributed by atoms with E-state index >= 15 is 0 Å². The van der Waals surface area contributed by atoms with E-state index in [1.807, 2.05) is 0 Å². The maximum Gasteiger partial charge on any atom is 0.413 e. The van der Waals surface area contributed by atoms with Crippen LogP contribution in [0.3, 0.4) is 0 Å². The van der Waals surface area contributed by atoms with Gasteiger partial charge in [-0.2, -0.15) is 13.2 Å². The summed E-state index contributed by atoms with van der Waals surface area (Å²) in [5, 5.41) is 18.5. The number of aromatic hydroxyl groups is 1. The third kappa shape index (κ3) is 3.72. The minimum absolute atomic E-state index is 0.204. The Hall–Kier alpha value is -3.54. The average Bonchev–Trinajstić information content (AvgIpc) is 3.45. The van der Waals surface area contributed by atoms with Gasteiger partial charge in [-0.05, 0) is 37.5 Å². The van der Waals surface area contributed by atoms with Gasteiger partial charge >= 0.3 is 12.2 Å². The topological polar surface area (TPSA) is 86.6 Å². The van der Waals surface area contributed by atoms with Gasteiger partial charge in [0.15, 0.2) is 17.6 Å². The Morgan fingerprint density at radius 1 is 1.11 bits per heavy atom. The summed E-state index contributed by atoms with van der Waals surface area (Å²) < 4.78 is 55.9. The number of phenolic OH excluding ortho intramolecular Hbond substituents is 1. The van der Waals surface area contributed by atoms with Crippen LogP contribution in [0.15, 0.2) is 42.5 Å². The van der Waals surface area contributed by atoms with E-state index in [0.29, 0.717) is 20.5 Å². The summed E-state index contributed by atoms with van der Waals surface area (Å²) >= 11 is 1.04. The number of phenols is 1. The Bertz CT molecular complexity index is 1320. The molecule has 12 heteroatoms. The summed E-state index contributed by atoms with van der Waals surface area (Å²) in [6.07, 6.45) is -4.36. The fraction of sp³-hybridized carbons (Fsp3) is 0.304. The van der Waals surface area contributed by atoms with Crippen molar-refractivity contribution in [2.45, 2.75) is 44.1 Å². The van der Waals surface area contributed by atoms with Gasteiger partial charge in [-0.3, -0.25) is 4.79 Å². The Labute approximate surface area is 200 Å². The highest BCUT2D eigenvalue weighted by molar-refractivity contribution is 7.14. The Morgan fingerprint density at radius 3 is 2.43 bits per heavy atom. The van der Waals surface area contributed by atoms with E-state index in [1.54, 1.807) is 6.07 Å². The lowest BCUT2D eigenvalue weighted by Gasteiger charge is -2.28. The number of benzene rings is 2. The molecule has 1 aromatic heterocycles. The van der Waals surface area contributed by atoms with Crippen molar-refractivity contribution in [2.75, 3.05) is 0 Å². The van der Waals surface area contributed by atoms with Gasteiger partial charge < -0.3 is 10.0 Å². The first-order valence-corrected chi connectivity index (χ1v) is 11.4. The summed E-state index contributed by atoms with van der Waals surface area (Å²) in [7, 11) is 0. The number of hydrogen-bond donors (Lipinski definition) is 1. The molecule has 2 heterocycles. The molecule has 1 aliphatic heterocycles. The molecule has 2 aliphatic rings. The number of amides is 3. The van der Waals surface area contributed by atoms with E-state index < -0.39 is 41.3 Å². The van der Waals surface area contributed by atoms with E-state index in [9.17, 15) is 32.3 Å². The van der Waals surface area contributed by atoms with Crippen LogP contribution < -0.4 is 0 Å². The molecule has 0 unspecified atom stereocenters. The molecular formula is C23H18F4N4O3S. The van der Waals surface area contributed by atoms with Crippen molar-refractivity contribution in [2.24, 2.45) is 0 Å². The van der Waals surface area contributed by atoms with E-state index in [-0.39, 0.29) is 30.5 Å². The number of halogens is 4. The number of alkyl halides is 3. The van der Waals surface area contributed by atoms with Gasteiger partial charge in [0.2, 0.25) is 0 Å². The first-order valence-electron chi connectivity index (χ1n) is 10.6. The molecule has 2 fully saturated rings. The lowest BCUT2D eigenvalue weighted by atomic mass is 10.0. The predicted octanol–water partition coefficient (Wildman–Crippen LogP) is 4.96. The van der Waals surface area contributed by atoms with Crippen LogP contribution >= 0.6 is 11.3 Å². The van der Waals surface area contributed by atoms with Crippen molar-refractivity contribution >= 4 is 23.3 Å². The SMILES string of the molecule is Cc1c(-c2nnc(CN3C(=O)N([C@@H](c4ccccc4)C(F)(F)F)C(=O)C34CC4)s2)ccc(F)c1O. The summed E-state index contributed by atoms with van der Waals surface area (Å²) in [4.78, 5) is 27.9. The monoisotopic (exact) mass is 506 g/mol. The molecule has 1 saturated heterocycles. The molecule has 2 aromatic carbocycles. The van der Waals surface area contributed by atoms with Gasteiger partial charge in [0, 0.05) is 11.1 Å². The maximum atomic E-state index is 14.1. The van der Waals surface area contributed by atoms with Crippen molar-refractivity contribution in [3.63, 3.8) is 0 Å². The van der Waals surface area contributed by atoms with Crippen LogP contribution in [-0.2, 0) is 11.3 Å².